The maximum absolute atomic E-state index is 12.8. The average molecular weight is 454 g/mol. The number of anilines is 1. The first-order valence-corrected chi connectivity index (χ1v) is 11.5. The monoisotopic (exact) mass is 453 g/mol. The molecule has 3 heterocycles. The third-order valence-corrected chi connectivity index (χ3v) is 7.42. The quantitative estimate of drug-likeness (QED) is 0.379. The Bertz CT molecular complexity index is 1310. The highest BCUT2D eigenvalue weighted by molar-refractivity contribution is 8.00. The van der Waals surface area contributed by atoms with Crippen molar-refractivity contribution in [1.82, 2.24) is 15.2 Å². The van der Waals surface area contributed by atoms with Gasteiger partial charge in [0, 0.05) is 22.0 Å². The normalized spacial score (nSPS) is 14.0. The Morgan fingerprint density at radius 1 is 1.29 bits per heavy atom. The third-order valence-electron chi connectivity index (χ3n) is 5.28. The van der Waals surface area contributed by atoms with Gasteiger partial charge in [0.25, 0.3) is 17.0 Å². The Labute approximate surface area is 185 Å². The van der Waals surface area contributed by atoms with Gasteiger partial charge in [0.05, 0.1) is 16.4 Å². The molecule has 158 valence electrons. The molecular formula is C21H19N5O3S2. The maximum Gasteiger partial charge on any atom is 0.277 e. The second-order valence-electron chi connectivity index (χ2n) is 7.30. The Kier molecular flexibility index (Phi) is 5.03. The number of hydrogen-bond donors (Lipinski definition) is 3. The molecule has 1 aliphatic carbocycles. The van der Waals surface area contributed by atoms with Gasteiger partial charge in [-0.3, -0.25) is 9.59 Å². The fourth-order valence-electron chi connectivity index (χ4n) is 3.79. The Morgan fingerprint density at radius 3 is 2.97 bits per heavy atom. The summed E-state index contributed by atoms with van der Waals surface area (Å²) in [6, 6.07) is 7.84. The van der Waals surface area contributed by atoms with Crippen molar-refractivity contribution in [1.29, 1.82) is 0 Å². The Morgan fingerprint density at radius 2 is 2.13 bits per heavy atom. The number of rotatable bonds is 6. The molecule has 0 bridgehead atoms. The Balaban J connectivity index is 1.31. The van der Waals surface area contributed by atoms with Crippen molar-refractivity contribution >= 4 is 50.8 Å². The third kappa shape index (κ3) is 3.61. The SMILES string of the molecule is CC(Sc1nnc(-c2c[nH]c3ccccc23)o1)C(=O)Nc1sc2c(c1C(N)=O)CCC2. The zero-order chi connectivity index (χ0) is 21.5. The number of aromatic amines is 1. The van der Waals surface area contributed by atoms with Gasteiger partial charge in [-0.2, -0.15) is 0 Å². The van der Waals surface area contributed by atoms with Crippen LogP contribution >= 0.6 is 23.1 Å². The highest BCUT2D eigenvalue weighted by Crippen LogP contribution is 2.39. The van der Waals surface area contributed by atoms with E-state index in [-0.39, 0.29) is 5.91 Å². The molecule has 1 atom stereocenters. The number of carbonyl (C=O) groups is 2. The molecule has 3 aromatic heterocycles. The topological polar surface area (TPSA) is 127 Å². The van der Waals surface area contributed by atoms with Crippen molar-refractivity contribution in [2.45, 2.75) is 36.7 Å². The van der Waals surface area contributed by atoms with Crippen LogP contribution in [0.15, 0.2) is 40.1 Å². The number of fused-ring (bicyclic) bond motifs is 2. The molecule has 1 aromatic carbocycles. The van der Waals surface area contributed by atoms with E-state index in [0.717, 1.165) is 46.2 Å². The second-order valence-corrected chi connectivity index (χ2v) is 9.69. The standard InChI is InChI=1S/C21H19N5O3S2/c1-10(18(28)24-20-16(17(22)27)12-6-4-8-15(12)31-20)30-21-26-25-19(29-21)13-9-23-14-7-3-2-5-11(13)14/h2-3,5,7,9-10,23H,4,6,8H2,1H3,(H2,22,27)(H,24,28). The van der Waals surface area contributed by atoms with Crippen molar-refractivity contribution in [3.63, 3.8) is 0 Å². The molecule has 0 spiro atoms. The lowest BCUT2D eigenvalue weighted by Gasteiger charge is -2.10. The van der Waals surface area contributed by atoms with E-state index in [9.17, 15) is 9.59 Å². The highest BCUT2D eigenvalue weighted by atomic mass is 32.2. The highest BCUT2D eigenvalue weighted by Gasteiger charge is 2.28. The van der Waals surface area contributed by atoms with E-state index >= 15 is 0 Å². The number of nitrogens with one attached hydrogen (secondary N) is 2. The van der Waals surface area contributed by atoms with Gasteiger partial charge >= 0.3 is 0 Å². The maximum atomic E-state index is 12.8. The summed E-state index contributed by atoms with van der Waals surface area (Å²) in [4.78, 5) is 29.0. The molecule has 2 amide bonds. The van der Waals surface area contributed by atoms with E-state index in [1.165, 1.54) is 23.1 Å². The van der Waals surface area contributed by atoms with E-state index in [4.69, 9.17) is 10.2 Å². The fraction of sp³-hybridized carbons (Fsp3) is 0.238. The number of carbonyl (C=O) groups excluding carboxylic acids is 2. The van der Waals surface area contributed by atoms with Crippen LogP contribution in [0, 0.1) is 0 Å². The van der Waals surface area contributed by atoms with Crippen LogP contribution in [0.5, 0.6) is 0 Å². The molecule has 4 N–H and O–H groups in total. The predicted molar refractivity (Wildman–Crippen MR) is 120 cm³/mol. The summed E-state index contributed by atoms with van der Waals surface area (Å²) >= 11 is 2.60. The molecule has 8 nitrogen and oxygen atoms in total. The summed E-state index contributed by atoms with van der Waals surface area (Å²) in [5.74, 6) is -0.368. The first-order chi connectivity index (χ1) is 15.0. The number of primary amides is 1. The molecule has 0 saturated heterocycles. The number of aromatic nitrogens is 3. The number of H-pyrrole nitrogens is 1. The van der Waals surface area contributed by atoms with Gasteiger partial charge < -0.3 is 20.5 Å². The van der Waals surface area contributed by atoms with Crippen LogP contribution in [0.1, 0.15) is 34.1 Å². The van der Waals surface area contributed by atoms with Gasteiger partial charge in [-0.15, -0.1) is 21.5 Å². The summed E-state index contributed by atoms with van der Waals surface area (Å²) in [6.07, 6.45) is 4.57. The van der Waals surface area contributed by atoms with Crippen LogP contribution in [0.2, 0.25) is 0 Å². The number of hydrogen-bond acceptors (Lipinski definition) is 7. The lowest BCUT2D eigenvalue weighted by Crippen LogP contribution is -2.24. The van der Waals surface area contributed by atoms with Crippen LogP contribution in [-0.2, 0) is 17.6 Å². The van der Waals surface area contributed by atoms with Crippen molar-refractivity contribution < 1.29 is 14.0 Å². The smallest absolute Gasteiger partial charge is 0.277 e. The average Bonchev–Trinajstić information content (AvgIpc) is 3.50. The van der Waals surface area contributed by atoms with Crippen molar-refractivity contribution in [3.05, 3.63) is 46.5 Å². The van der Waals surface area contributed by atoms with E-state index in [2.05, 4.69) is 20.5 Å². The molecule has 5 rings (SSSR count). The molecule has 1 aliphatic rings. The molecule has 31 heavy (non-hydrogen) atoms. The van der Waals surface area contributed by atoms with E-state index in [1.807, 2.05) is 30.5 Å². The van der Waals surface area contributed by atoms with Crippen molar-refractivity contribution in [3.8, 4) is 11.5 Å². The van der Waals surface area contributed by atoms with Gasteiger partial charge in [0.1, 0.15) is 5.00 Å². The number of aryl methyl sites for hydroxylation is 1. The van der Waals surface area contributed by atoms with Crippen LogP contribution in [-0.4, -0.2) is 32.2 Å². The molecule has 1 unspecified atom stereocenters. The zero-order valence-corrected chi connectivity index (χ0v) is 18.2. The lowest BCUT2D eigenvalue weighted by molar-refractivity contribution is -0.115. The molecule has 0 saturated carbocycles. The molecule has 0 radical (unpaired) electrons. The first-order valence-electron chi connectivity index (χ1n) is 9.83. The molecule has 0 aliphatic heterocycles. The van der Waals surface area contributed by atoms with Crippen molar-refractivity contribution in [2.75, 3.05) is 5.32 Å². The molecule has 10 heteroatoms. The van der Waals surface area contributed by atoms with Crippen LogP contribution in [0.3, 0.4) is 0 Å². The van der Waals surface area contributed by atoms with Gasteiger partial charge in [0.2, 0.25) is 5.91 Å². The first kappa shape index (κ1) is 19.8. The second kappa shape index (κ2) is 7.86. The minimum Gasteiger partial charge on any atom is -0.411 e. The number of para-hydroxylation sites is 1. The predicted octanol–water partition coefficient (Wildman–Crippen LogP) is 3.99. The number of thiophene rings is 1. The summed E-state index contributed by atoms with van der Waals surface area (Å²) in [5.41, 5.74) is 8.79. The van der Waals surface area contributed by atoms with Crippen LogP contribution < -0.4 is 11.1 Å². The number of nitrogens with zero attached hydrogens (tertiary/aromatic N) is 2. The van der Waals surface area contributed by atoms with E-state index in [1.54, 1.807) is 6.92 Å². The largest absolute Gasteiger partial charge is 0.411 e. The summed E-state index contributed by atoms with van der Waals surface area (Å²) < 4.78 is 5.79. The minimum absolute atomic E-state index is 0.251. The fourth-order valence-corrected chi connectivity index (χ4v) is 5.77. The Hall–Kier alpha value is -3.11. The van der Waals surface area contributed by atoms with Gasteiger partial charge in [0.15, 0.2) is 0 Å². The van der Waals surface area contributed by atoms with E-state index in [0.29, 0.717) is 21.7 Å². The zero-order valence-electron chi connectivity index (χ0n) is 16.6. The molecular weight excluding hydrogens is 434 g/mol. The summed E-state index contributed by atoms with van der Waals surface area (Å²) in [5, 5.41) is 12.4. The number of amides is 2. The lowest BCUT2D eigenvalue weighted by atomic mass is 10.1. The number of benzene rings is 1. The van der Waals surface area contributed by atoms with Gasteiger partial charge in [-0.25, -0.2) is 0 Å². The minimum atomic E-state index is -0.506. The van der Waals surface area contributed by atoms with Gasteiger partial charge in [-0.1, -0.05) is 30.0 Å². The summed E-state index contributed by atoms with van der Waals surface area (Å²) in [7, 11) is 0. The number of thioether (sulfide) groups is 1. The van der Waals surface area contributed by atoms with E-state index < -0.39 is 11.2 Å². The van der Waals surface area contributed by atoms with Crippen molar-refractivity contribution in [2.24, 2.45) is 5.73 Å². The van der Waals surface area contributed by atoms with Crippen LogP contribution in [0.25, 0.3) is 22.4 Å². The summed E-state index contributed by atoms with van der Waals surface area (Å²) in [6.45, 7) is 1.75. The molecule has 0 fully saturated rings. The van der Waals surface area contributed by atoms with Gasteiger partial charge in [-0.05, 0) is 37.8 Å². The number of nitrogens with two attached hydrogens (primary N) is 1. The van der Waals surface area contributed by atoms with Crippen LogP contribution in [0.4, 0.5) is 5.00 Å². The molecule has 4 aromatic rings.